The van der Waals surface area contributed by atoms with Crippen molar-refractivity contribution in [2.75, 3.05) is 0 Å². The van der Waals surface area contributed by atoms with Crippen LogP contribution in [0.2, 0.25) is 0 Å². The highest BCUT2D eigenvalue weighted by atomic mass is 16.2. The van der Waals surface area contributed by atoms with E-state index in [2.05, 4.69) is 0 Å². The quantitative estimate of drug-likeness (QED) is 0.515. The van der Waals surface area contributed by atoms with Gasteiger partial charge in [0.05, 0.1) is 0 Å². The first kappa shape index (κ1) is 12.2. The van der Waals surface area contributed by atoms with E-state index in [9.17, 15) is 14.4 Å². The number of hydrogen-bond acceptors (Lipinski definition) is 3. The molecule has 0 radical (unpaired) electrons. The maximum atomic E-state index is 12.3. The lowest BCUT2D eigenvalue weighted by Gasteiger charge is -2.34. The summed E-state index contributed by atoms with van der Waals surface area (Å²) in [5, 5.41) is 0. The van der Waals surface area contributed by atoms with E-state index in [-0.39, 0.29) is 23.3 Å². The maximum Gasteiger partial charge on any atom is 0.157 e. The predicted octanol–water partition coefficient (Wildman–Crippen LogP) is 2.10. The van der Waals surface area contributed by atoms with Gasteiger partial charge in [-0.2, -0.15) is 0 Å². The van der Waals surface area contributed by atoms with Gasteiger partial charge in [-0.05, 0) is 33.6 Å². The second-order valence-corrected chi connectivity index (χ2v) is 5.72. The molecular formula is C14H18O3. The third-order valence-electron chi connectivity index (χ3n) is 4.50. The van der Waals surface area contributed by atoms with Crippen LogP contribution < -0.4 is 0 Å². The lowest BCUT2D eigenvalue weighted by atomic mass is 9.67. The predicted molar refractivity (Wildman–Crippen MR) is 63.4 cm³/mol. The summed E-state index contributed by atoms with van der Waals surface area (Å²) < 4.78 is 0. The lowest BCUT2D eigenvalue weighted by Crippen LogP contribution is -2.34. The Morgan fingerprint density at radius 1 is 1.24 bits per heavy atom. The first-order valence-corrected chi connectivity index (χ1v) is 6.02. The zero-order valence-electron chi connectivity index (χ0n) is 10.8. The molecule has 0 amide bonds. The molecule has 3 heteroatoms. The monoisotopic (exact) mass is 234 g/mol. The van der Waals surface area contributed by atoms with E-state index in [0.29, 0.717) is 12.8 Å². The zero-order chi connectivity index (χ0) is 13.0. The van der Waals surface area contributed by atoms with Crippen molar-refractivity contribution in [3.05, 3.63) is 11.1 Å². The number of allylic oxidation sites excluding steroid dienone is 2. The van der Waals surface area contributed by atoms with Crippen LogP contribution in [0.5, 0.6) is 0 Å². The Balaban J connectivity index is 2.47. The first-order chi connectivity index (χ1) is 7.79. The van der Waals surface area contributed by atoms with Gasteiger partial charge in [0.15, 0.2) is 11.6 Å². The van der Waals surface area contributed by atoms with Gasteiger partial charge in [0.1, 0.15) is 11.7 Å². The topological polar surface area (TPSA) is 51.2 Å². The molecule has 0 aromatic rings. The molecule has 3 atom stereocenters. The van der Waals surface area contributed by atoms with Gasteiger partial charge in [-0.3, -0.25) is 14.4 Å². The summed E-state index contributed by atoms with van der Waals surface area (Å²) in [6, 6.07) is 0. The molecule has 0 aromatic heterocycles. The third-order valence-corrected chi connectivity index (χ3v) is 4.50. The Hall–Kier alpha value is -1.25. The lowest BCUT2D eigenvalue weighted by molar-refractivity contribution is -0.136. The molecule has 0 aromatic carbocycles. The normalized spacial score (nSPS) is 37.4. The van der Waals surface area contributed by atoms with Gasteiger partial charge < -0.3 is 0 Å². The number of rotatable bonds is 1. The van der Waals surface area contributed by atoms with Crippen LogP contribution in [0.1, 0.15) is 40.5 Å². The molecule has 2 rings (SSSR count). The van der Waals surface area contributed by atoms with Crippen molar-refractivity contribution in [1.29, 1.82) is 0 Å². The maximum absolute atomic E-state index is 12.3. The third kappa shape index (κ3) is 1.52. The van der Waals surface area contributed by atoms with Crippen molar-refractivity contribution < 1.29 is 14.4 Å². The van der Waals surface area contributed by atoms with E-state index in [1.807, 2.05) is 20.8 Å². The minimum atomic E-state index is -0.997. The number of hydrogen-bond donors (Lipinski definition) is 0. The van der Waals surface area contributed by atoms with Crippen molar-refractivity contribution in [2.24, 2.45) is 17.3 Å². The molecule has 0 aliphatic heterocycles. The standard InChI is InChI=1S/C14H18O3/c1-7-5-10-12(16)11(9(3)15)13(17)14(10,4)6-8(7)2/h10-11H,5-6H2,1-4H3/t10-,11?,14-/m0/s1. The van der Waals surface area contributed by atoms with E-state index in [4.69, 9.17) is 0 Å². The van der Waals surface area contributed by atoms with E-state index >= 15 is 0 Å². The SMILES string of the molecule is CC(=O)C1C(=O)[C@@H]2CC(C)=C(C)C[C@]2(C)C1=O. The molecule has 1 unspecified atom stereocenters. The molecule has 1 saturated carbocycles. The number of ketones is 3. The number of fused-ring (bicyclic) bond motifs is 1. The number of carbonyl (C=O) groups excluding carboxylic acids is 3. The smallest absolute Gasteiger partial charge is 0.157 e. The Morgan fingerprint density at radius 2 is 1.82 bits per heavy atom. The fraction of sp³-hybridized carbons (Fsp3) is 0.643. The van der Waals surface area contributed by atoms with Crippen molar-refractivity contribution in [2.45, 2.75) is 40.5 Å². The van der Waals surface area contributed by atoms with E-state index in [1.165, 1.54) is 18.1 Å². The number of Topliss-reactive ketones (excluding diaryl/α,β-unsaturated/α-hetero) is 3. The van der Waals surface area contributed by atoms with Gasteiger partial charge in [-0.1, -0.05) is 18.1 Å². The highest BCUT2D eigenvalue weighted by molar-refractivity contribution is 6.26. The van der Waals surface area contributed by atoms with Crippen molar-refractivity contribution in [3.63, 3.8) is 0 Å². The summed E-state index contributed by atoms with van der Waals surface area (Å²) in [7, 11) is 0. The van der Waals surface area contributed by atoms with Gasteiger partial charge in [0.2, 0.25) is 0 Å². The Kier molecular flexibility index (Phi) is 2.60. The molecule has 0 heterocycles. The highest BCUT2D eigenvalue weighted by Crippen LogP contribution is 2.51. The van der Waals surface area contributed by atoms with Crippen molar-refractivity contribution in [1.82, 2.24) is 0 Å². The summed E-state index contributed by atoms with van der Waals surface area (Å²) in [5.74, 6) is -1.90. The molecule has 3 nitrogen and oxygen atoms in total. The summed E-state index contributed by atoms with van der Waals surface area (Å²) >= 11 is 0. The first-order valence-electron chi connectivity index (χ1n) is 6.02. The van der Waals surface area contributed by atoms with Crippen LogP contribution in [0, 0.1) is 17.3 Å². The number of carbonyl (C=O) groups is 3. The van der Waals surface area contributed by atoms with Crippen LogP contribution in [-0.4, -0.2) is 17.3 Å². The minimum absolute atomic E-state index is 0.156. The molecule has 17 heavy (non-hydrogen) atoms. The molecule has 0 saturated heterocycles. The summed E-state index contributed by atoms with van der Waals surface area (Å²) in [6.45, 7) is 7.20. The average molecular weight is 234 g/mol. The average Bonchev–Trinajstić information content (AvgIpc) is 2.39. The summed E-state index contributed by atoms with van der Waals surface area (Å²) in [6.07, 6.45) is 1.26. The van der Waals surface area contributed by atoms with E-state index < -0.39 is 11.3 Å². The summed E-state index contributed by atoms with van der Waals surface area (Å²) in [4.78, 5) is 35.9. The fourth-order valence-corrected chi connectivity index (χ4v) is 3.25. The van der Waals surface area contributed by atoms with Crippen LogP contribution in [-0.2, 0) is 14.4 Å². The van der Waals surface area contributed by atoms with Gasteiger partial charge in [-0.15, -0.1) is 0 Å². The molecular weight excluding hydrogens is 216 g/mol. The van der Waals surface area contributed by atoms with Crippen molar-refractivity contribution >= 4 is 17.3 Å². The fourth-order valence-electron chi connectivity index (χ4n) is 3.25. The van der Waals surface area contributed by atoms with Gasteiger partial charge in [0.25, 0.3) is 0 Å². The largest absolute Gasteiger partial charge is 0.299 e. The Labute approximate surface area is 101 Å². The van der Waals surface area contributed by atoms with Crippen LogP contribution >= 0.6 is 0 Å². The van der Waals surface area contributed by atoms with Crippen molar-refractivity contribution in [3.8, 4) is 0 Å². The van der Waals surface area contributed by atoms with Gasteiger partial charge in [-0.25, -0.2) is 0 Å². The minimum Gasteiger partial charge on any atom is -0.299 e. The molecule has 2 aliphatic rings. The second-order valence-electron chi connectivity index (χ2n) is 5.72. The van der Waals surface area contributed by atoms with Crippen LogP contribution in [0.15, 0.2) is 11.1 Å². The molecule has 2 aliphatic carbocycles. The van der Waals surface area contributed by atoms with Gasteiger partial charge in [0, 0.05) is 11.3 Å². The second kappa shape index (κ2) is 3.62. The molecule has 0 bridgehead atoms. The molecule has 92 valence electrons. The Bertz CT molecular complexity index is 458. The van der Waals surface area contributed by atoms with E-state index in [1.54, 1.807) is 0 Å². The highest BCUT2D eigenvalue weighted by Gasteiger charge is 2.59. The summed E-state index contributed by atoms with van der Waals surface area (Å²) in [5.41, 5.74) is 1.74. The van der Waals surface area contributed by atoms with Crippen LogP contribution in [0.3, 0.4) is 0 Å². The molecule has 1 fully saturated rings. The Morgan fingerprint density at radius 3 is 2.35 bits per heavy atom. The van der Waals surface area contributed by atoms with E-state index in [0.717, 1.165) is 0 Å². The van der Waals surface area contributed by atoms with Gasteiger partial charge >= 0.3 is 0 Å². The molecule has 0 spiro atoms. The zero-order valence-corrected chi connectivity index (χ0v) is 10.8. The van der Waals surface area contributed by atoms with Crippen LogP contribution in [0.4, 0.5) is 0 Å². The van der Waals surface area contributed by atoms with Crippen LogP contribution in [0.25, 0.3) is 0 Å². The molecule has 0 N–H and O–H groups in total.